The molecule has 1 N–H and O–H groups in total. The van der Waals surface area contributed by atoms with Gasteiger partial charge in [-0.25, -0.2) is 13.4 Å². The third-order valence-corrected chi connectivity index (χ3v) is 3.76. The summed E-state index contributed by atoms with van der Waals surface area (Å²) in [7, 11) is -3.03. The van der Waals surface area contributed by atoms with Crippen LogP contribution in [0.3, 0.4) is 0 Å². The number of oxazole rings is 1. The second kappa shape index (κ2) is 5.71. The molecular formula is C13H18N2O3S. The first-order chi connectivity index (χ1) is 8.98. The van der Waals surface area contributed by atoms with E-state index in [2.05, 4.69) is 10.3 Å². The van der Waals surface area contributed by atoms with Crippen molar-refractivity contribution >= 4 is 20.9 Å². The van der Waals surface area contributed by atoms with Crippen molar-refractivity contribution in [2.75, 3.05) is 18.6 Å². The van der Waals surface area contributed by atoms with Gasteiger partial charge in [0.05, 0.1) is 5.75 Å². The zero-order valence-electron chi connectivity index (χ0n) is 11.1. The molecule has 0 aliphatic heterocycles. The van der Waals surface area contributed by atoms with Crippen LogP contribution in [0.5, 0.6) is 0 Å². The van der Waals surface area contributed by atoms with E-state index in [9.17, 15) is 8.42 Å². The molecular weight excluding hydrogens is 264 g/mol. The van der Waals surface area contributed by atoms with Crippen molar-refractivity contribution in [3.05, 3.63) is 30.2 Å². The first-order valence-electron chi connectivity index (χ1n) is 6.23. The average Bonchev–Trinajstić information content (AvgIpc) is 2.69. The molecule has 2 rings (SSSR count). The standard InChI is InChI=1S/C13H18N2O3S/c1-3-14-10(9-19(2,16)17)8-13-15-11-6-4-5-7-12(11)18-13/h4-7,10,14H,3,8-9H2,1-2H3. The van der Waals surface area contributed by atoms with E-state index in [0.29, 0.717) is 18.9 Å². The van der Waals surface area contributed by atoms with Crippen molar-refractivity contribution in [3.8, 4) is 0 Å². The van der Waals surface area contributed by atoms with Gasteiger partial charge in [0, 0.05) is 18.7 Å². The highest BCUT2D eigenvalue weighted by molar-refractivity contribution is 7.90. The molecule has 0 aliphatic rings. The van der Waals surface area contributed by atoms with Crippen molar-refractivity contribution < 1.29 is 12.8 Å². The number of hydrogen-bond donors (Lipinski definition) is 1. The molecule has 6 heteroatoms. The number of nitrogens with zero attached hydrogens (tertiary/aromatic N) is 1. The van der Waals surface area contributed by atoms with Crippen molar-refractivity contribution in [1.82, 2.24) is 10.3 Å². The van der Waals surface area contributed by atoms with Crippen LogP contribution in [-0.4, -0.2) is 38.0 Å². The molecule has 0 bridgehead atoms. The Bertz CT molecular complexity index is 616. The molecule has 0 aliphatic carbocycles. The molecule has 1 atom stereocenters. The lowest BCUT2D eigenvalue weighted by atomic mass is 10.2. The van der Waals surface area contributed by atoms with Crippen molar-refractivity contribution in [2.24, 2.45) is 0 Å². The molecule has 0 saturated carbocycles. The minimum atomic E-state index is -3.03. The fourth-order valence-corrected chi connectivity index (χ4v) is 3.03. The second-order valence-corrected chi connectivity index (χ2v) is 6.81. The Morgan fingerprint density at radius 1 is 1.37 bits per heavy atom. The van der Waals surface area contributed by atoms with Crippen LogP contribution < -0.4 is 5.32 Å². The zero-order valence-corrected chi connectivity index (χ0v) is 11.9. The van der Waals surface area contributed by atoms with Gasteiger partial charge in [-0.2, -0.15) is 0 Å². The van der Waals surface area contributed by atoms with Gasteiger partial charge in [-0.05, 0) is 18.7 Å². The zero-order chi connectivity index (χ0) is 13.9. The Kier molecular flexibility index (Phi) is 4.21. The van der Waals surface area contributed by atoms with Gasteiger partial charge < -0.3 is 9.73 Å². The molecule has 1 aromatic carbocycles. The van der Waals surface area contributed by atoms with E-state index < -0.39 is 9.84 Å². The summed E-state index contributed by atoms with van der Waals surface area (Å²) >= 11 is 0. The predicted molar refractivity (Wildman–Crippen MR) is 74.9 cm³/mol. The molecule has 2 aromatic rings. The number of hydrogen-bond acceptors (Lipinski definition) is 5. The maximum atomic E-state index is 11.4. The van der Waals surface area contributed by atoms with Gasteiger partial charge in [0.15, 0.2) is 11.5 Å². The topological polar surface area (TPSA) is 72.2 Å². The van der Waals surface area contributed by atoms with Gasteiger partial charge in [0.25, 0.3) is 0 Å². The van der Waals surface area contributed by atoms with Gasteiger partial charge in [0.2, 0.25) is 0 Å². The molecule has 0 fully saturated rings. The quantitative estimate of drug-likeness (QED) is 0.867. The lowest BCUT2D eigenvalue weighted by molar-refractivity contribution is 0.467. The minimum absolute atomic E-state index is 0.0829. The Morgan fingerprint density at radius 2 is 2.11 bits per heavy atom. The normalized spacial score (nSPS) is 13.8. The molecule has 1 heterocycles. The maximum Gasteiger partial charge on any atom is 0.197 e. The lowest BCUT2D eigenvalue weighted by Gasteiger charge is -2.14. The van der Waals surface area contributed by atoms with Crippen LogP contribution in [0.4, 0.5) is 0 Å². The van der Waals surface area contributed by atoms with Crippen molar-refractivity contribution in [2.45, 2.75) is 19.4 Å². The molecule has 0 saturated heterocycles. The van der Waals surface area contributed by atoms with E-state index >= 15 is 0 Å². The highest BCUT2D eigenvalue weighted by Gasteiger charge is 2.18. The number of benzene rings is 1. The number of para-hydroxylation sites is 2. The van der Waals surface area contributed by atoms with Crippen LogP contribution in [0, 0.1) is 0 Å². The highest BCUT2D eigenvalue weighted by atomic mass is 32.2. The monoisotopic (exact) mass is 282 g/mol. The summed E-state index contributed by atoms with van der Waals surface area (Å²) in [5, 5.41) is 3.15. The number of likely N-dealkylation sites (N-methyl/N-ethyl adjacent to an activating group) is 1. The van der Waals surface area contributed by atoms with Gasteiger partial charge in [-0.1, -0.05) is 19.1 Å². The summed E-state index contributed by atoms with van der Waals surface area (Å²) in [6.45, 7) is 2.65. The van der Waals surface area contributed by atoms with E-state index in [1.807, 2.05) is 31.2 Å². The van der Waals surface area contributed by atoms with Crippen LogP contribution in [0.15, 0.2) is 28.7 Å². The molecule has 0 spiro atoms. The van der Waals surface area contributed by atoms with Crippen LogP contribution >= 0.6 is 0 Å². The molecule has 1 unspecified atom stereocenters. The first-order valence-corrected chi connectivity index (χ1v) is 8.29. The molecule has 19 heavy (non-hydrogen) atoms. The fourth-order valence-electron chi connectivity index (χ4n) is 2.06. The van der Waals surface area contributed by atoms with E-state index in [0.717, 1.165) is 11.1 Å². The number of fused-ring (bicyclic) bond motifs is 1. The third-order valence-electron chi connectivity index (χ3n) is 2.76. The largest absolute Gasteiger partial charge is 0.441 e. The van der Waals surface area contributed by atoms with Gasteiger partial charge in [-0.3, -0.25) is 0 Å². The number of rotatable bonds is 6. The fraction of sp³-hybridized carbons (Fsp3) is 0.462. The molecule has 1 aromatic heterocycles. The Labute approximate surface area is 112 Å². The second-order valence-electron chi connectivity index (χ2n) is 4.63. The number of aromatic nitrogens is 1. The summed E-state index contributed by atoms with van der Waals surface area (Å²) in [5.74, 6) is 0.648. The summed E-state index contributed by atoms with van der Waals surface area (Å²) in [6.07, 6.45) is 1.71. The maximum absolute atomic E-state index is 11.4. The third kappa shape index (κ3) is 4.04. The Balaban J connectivity index is 2.16. The van der Waals surface area contributed by atoms with E-state index in [-0.39, 0.29) is 11.8 Å². The summed E-state index contributed by atoms with van der Waals surface area (Å²) in [5.41, 5.74) is 1.53. The van der Waals surface area contributed by atoms with Crippen LogP contribution in [0.2, 0.25) is 0 Å². The molecule has 0 amide bonds. The molecule has 5 nitrogen and oxygen atoms in total. The number of sulfone groups is 1. The minimum Gasteiger partial charge on any atom is -0.441 e. The van der Waals surface area contributed by atoms with Gasteiger partial charge in [-0.15, -0.1) is 0 Å². The van der Waals surface area contributed by atoms with Crippen molar-refractivity contribution in [3.63, 3.8) is 0 Å². The molecule has 0 radical (unpaired) electrons. The van der Waals surface area contributed by atoms with Gasteiger partial charge >= 0.3 is 0 Å². The first kappa shape index (κ1) is 14.0. The summed E-state index contributed by atoms with van der Waals surface area (Å²) in [4.78, 5) is 4.36. The predicted octanol–water partition coefficient (Wildman–Crippen LogP) is 1.39. The smallest absolute Gasteiger partial charge is 0.197 e. The van der Waals surface area contributed by atoms with E-state index in [4.69, 9.17) is 4.42 Å². The number of nitrogens with one attached hydrogen (secondary N) is 1. The van der Waals surface area contributed by atoms with Crippen LogP contribution in [0.25, 0.3) is 11.1 Å². The lowest BCUT2D eigenvalue weighted by Crippen LogP contribution is -2.37. The summed E-state index contributed by atoms with van der Waals surface area (Å²) < 4.78 is 28.4. The SMILES string of the molecule is CCNC(Cc1nc2ccccc2o1)CS(C)(=O)=O. The van der Waals surface area contributed by atoms with Crippen LogP contribution in [-0.2, 0) is 16.3 Å². The van der Waals surface area contributed by atoms with Crippen LogP contribution in [0.1, 0.15) is 12.8 Å². The van der Waals surface area contributed by atoms with E-state index in [1.165, 1.54) is 6.26 Å². The Hall–Kier alpha value is -1.40. The molecule has 104 valence electrons. The average molecular weight is 282 g/mol. The highest BCUT2D eigenvalue weighted by Crippen LogP contribution is 2.16. The Morgan fingerprint density at radius 3 is 2.74 bits per heavy atom. The van der Waals surface area contributed by atoms with Gasteiger partial charge in [0.1, 0.15) is 15.4 Å². The summed E-state index contributed by atoms with van der Waals surface area (Å²) in [6, 6.07) is 7.34. The van der Waals surface area contributed by atoms with Crippen molar-refractivity contribution in [1.29, 1.82) is 0 Å². The van der Waals surface area contributed by atoms with E-state index in [1.54, 1.807) is 0 Å².